The molecule has 12 heavy (non-hydrogen) atoms. The maximum absolute atomic E-state index is 11.3. The zero-order chi connectivity index (χ0) is 8.55. The number of aromatic amines is 1. The van der Waals surface area contributed by atoms with Crippen LogP contribution in [0.4, 0.5) is 5.95 Å². The van der Waals surface area contributed by atoms with Gasteiger partial charge in [-0.3, -0.25) is 9.78 Å². The first-order valence-electron chi connectivity index (χ1n) is 4.12. The minimum atomic E-state index is -0.0767. The number of anilines is 1. The van der Waals surface area contributed by atoms with Crippen molar-refractivity contribution < 1.29 is 0 Å². The van der Waals surface area contributed by atoms with Crippen molar-refractivity contribution >= 4 is 5.95 Å². The van der Waals surface area contributed by atoms with Crippen LogP contribution >= 0.6 is 0 Å². The van der Waals surface area contributed by atoms with Crippen molar-refractivity contribution in [1.82, 2.24) is 9.97 Å². The van der Waals surface area contributed by atoms with Crippen molar-refractivity contribution in [1.29, 1.82) is 0 Å². The van der Waals surface area contributed by atoms with Crippen LogP contribution < -0.4 is 11.3 Å². The van der Waals surface area contributed by atoms with E-state index < -0.39 is 0 Å². The van der Waals surface area contributed by atoms with E-state index in [1.807, 2.05) is 0 Å². The Hall–Kier alpha value is -1.32. The molecule has 0 aliphatic heterocycles. The summed E-state index contributed by atoms with van der Waals surface area (Å²) in [6.07, 6.45) is 5.02. The van der Waals surface area contributed by atoms with E-state index in [2.05, 4.69) is 9.97 Å². The van der Waals surface area contributed by atoms with Gasteiger partial charge in [-0.05, 0) is 18.8 Å². The van der Waals surface area contributed by atoms with Gasteiger partial charge in [-0.2, -0.15) is 0 Å². The fraction of sp³-hybridized carbons (Fsp3) is 0.500. The molecule has 1 aromatic rings. The van der Waals surface area contributed by atoms with E-state index in [1.54, 1.807) is 6.20 Å². The second kappa shape index (κ2) is 2.62. The number of nitrogens with zero attached hydrogens (tertiary/aromatic N) is 1. The van der Waals surface area contributed by atoms with Gasteiger partial charge in [0.2, 0.25) is 0 Å². The van der Waals surface area contributed by atoms with Crippen LogP contribution in [0.1, 0.15) is 30.7 Å². The molecule has 0 bridgehead atoms. The molecule has 2 rings (SSSR count). The Bertz CT molecular complexity index is 340. The third-order valence-corrected chi connectivity index (χ3v) is 2.39. The third-order valence-electron chi connectivity index (χ3n) is 2.39. The minimum Gasteiger partial charge on any atom is -0.369 e. The summed E-state index contributed by atoms with van der Waals surface area (Å²) >= 11 is 0. The van der Waals surface area contributed by atoms with Gasteiger partial charge in [0.25, 0.3) is 5.56 Å². The van der Waals surface area contributed by atoms with Crippen LogP contribution in [0, 0.1) is 0 Å². The lowest BCUT2D eigenvalue weighted by atomic mass is 9.81. The fourth-order valence-electron chi connectivity index (χ4n) is 1.43. The predicted octanol–water partition coefficient (Wildman–Crippen LogP) is 0.620. The molecular formula is C8H11N3O. The van der Waals surface area contributed by atoms with Gasteiger partial charge in [0.05, 0.1) is 0 Å². The van der Waals surface area contributed by atoms with Crippen LogP contribution in [0.2, 0.25) is 0 Å². The fourth-order valence-corrected chi connectivity index (χ4v) is 1.43. The average molecular weight is 165 g/mol. The quantitative estimate of drug-likeness (QED) is 0.640. The van der Waals surface area contributed by atoms with Gasteiger partial charge >= 0.3 is 0 Å². The van der Waals surface area contributed by atoms with Crippen molar-refractivity contribution in [2.24, 2.45) is 0 Å². The van der Waals surface area contributed by atoms with Crippen LogP contribution in [0.15, 0.2) is 11.0 Å². The molecule has 0 amide bonds. The largest absolute Gasteiger partial charge is 0.369 e. The molecule has 4 heteroatoms. The molecule has 0 saturated heterocycles. The van der Waals surface area contributed by atoms with Crippen molar-refractivity contribution in [2.45, 2.75) is 25.2 Å². The van der Waals surface area contributed by atoms with Crippen LogP contribution in [-0.4, -0.2) is 9.97 Å². The van der Waals surface area contributed by atoms with Gasteiger partial charge in [-0.1, -0.05) is 6.42 Å². The second-order valence-corrected chi connectivity index (χ2v) is 3.18. The van der Waals surface area contributed by atoms with Gasteiger partial charge in [0, 0.05) is 11.8 Å². The van der Waals surface area contributed by atoms with Gasteiger partial charge in [0.1, 0.15) is 0 Å². The minimum absolute atomic E-state index is 0.0767. The normalized spacial score (nSPS) is 17.3. The molecule has 1 aromatic heterocycles. The van der Waals surface area contributed by atoms with E-state index in [9.17, 15) is 4.79 Å². The summed E-state index contributed by atoms with van der Waals surface area (Å²) < 4.78 is 0. The topological polar surface area (TPSA) is 71.8 Å². The van der Waals surface area contributed by atoms with E-state index in [0.717, 1.165) is 18.4 Å². The zero-order valence-corrected chi connectivity index (χ0v) is 6.71. The highest BCUT2D eigenvalue weighted by Gasteiger charge is 2.22. The molecule has 0 atom stereocenters. The van der Waals surface area contributed by atoms with E-state index in [4.69, 9.17) is 5.73 Å². The first kappa shape index (κ1) is 7.34. The Balaban J connectivity index is 2.37. The number of rotatable bonds is 1. The van der Waals surface area contributed by atoms with Crippen LogP contribution in [-0.2, 0) is 0 Å². The third kappa shape index (κ3) is 1.09. The van der Waals surface area contributed by atoms with E-state index in [1.165, 1.54) is 6.42 Å². The zero-order valence-electron chi connectivity index (χ0n) is 6.71. The summed E-state index contributed by atoms with van der Waals surface area (Å²) in [6.45, 7) is 0. The van der Waals surface area contributed by atoms with Crippen LogP contribution in [0.25, 0.3) is 0 Å². The molecule has 1 aliphatic carbocycles. The lowest BCUT2D eigenvalue weighted by molar-refractivity contribution is 0.415. The number of nitrogens with two attached hydrogens (primary N) is 1. The molecule has 64 valence electrons. The smallest absolute Gasteiger partial charge is 0.255 e. The van der Waals surface area contributed by atoms with E-state index >= 15 is 0 Å². The number of hydrogen-bond donors (Lipinski definition) is 2. The van der Waals surface area contributed by atoms with E-state index in [-0.39, 0.29) is 11.5 Å². The summed E-state index contributed by atoms with van der Waals surface area (Å²) in [5, 5.41) is 0. The Morgan fingerprint density at radius 3 is 2.83 bits per heavy atom. The number of hydrogen-bond acceptors (Lipinski definition) is 3. The molecule has 1 aliphatic rings. The summed E-state index contributed by atoms with van der Waals surface area (Å²) in [6, 6.07) is 0. The highest BCUT2D eigenvalue weighted by Crippen LogP contribution is 2.33. The standard InChI is InChI=1S/C8H11N3O/c9-8-10-4-6(7(12)11-8)5-2-1-3-5/h4-5H,1-3H2,(H3,9,10,11,12). The maximum atomic E-state index is 11.3. The maximum Gasteiger partial charge on any atom is 0.255 e. The lowest BCUT2D eigenvalue weighted by Gasteiger charge is -2.24. The molecule has 1 fully saturated rings. The number of nitrogen functional groups attached to an aromatic ring is 1. The van der Waals surface area contributed by atoms with Crippen molar-refractivity contribution in [3.05, 3.63) is 22.1 Å². The molecule has 0 radical (unpaired) electrons. The van der Waals surface area contributed by atoms with Crippen molar-refractivity contribution in [3.63, 3.8) is 0 Å². The van der Waals surface area contributed by atoms with Crippen LogP contribution in [0.5, 0.6) is 0 Å². The average Bonchev–Trinajstić information content (AvgIpc) is 1.91. The Morgan fingerprint density at radius 1 is 1.58 bits per heavy atom. The van der Waals surface area contributed by atoms with Gasteiger partial charge in [0.15, 0.2) is 5.95 Å². The molecule has 0 unspecified atom stereocenters. The first-order valence-corrected chi connectivity index (χ1v) is 4.12. The molecular weight excluding hydrogens is 154 g/mol. The summed E-state index contributed by atoms with van der Waals surface area (Å²) in [4.78, 5) is 17.7. The Labute approximate surface area is 69.8 Å². The number of H-pyrrole nitrogens is 1. The summed E-state index contributed by atoms with van der Waals surface area (Å²) in [7, 11) is 0. The van der Waals surface area contributed by atoms with E-state index in [0.29, 0.717) is 5.92 Å². The lowest BCUT2D eigenvalue weighted by Crippen LogP contribution is -2.22. The Kier molecular flexibility index (Phi) is 1.60. The molecule has 4 nitrogen and oxygen atoms in total. The van der Waals surface area contributed by atoms with Crippen LogP contribution in [0.3, 0.4) is 0 Å². The molecule has 0 spiro atoms. The SMILES string of the molecule is Nc1ncc(C2CCC2)c(=O)[nH]1. The van der Waals surface area contributed by atoms with Gasteiger partial charge in [-0.15, -0.1) is 0 Å². The molecule has 1 saturated carbocycles. The van der Waals surface area contributed by atoms with Gasteiger partial charge in [-0.25, -0.2) is 4.98 Å². The summed E-state index contributed by atoms with van der Waals surface area (Å²) in [5.41, 5.74) is 6.03. The predicted molar refractivity (Wildman–Crippen MR) is 45.9 cm³/mol. The Morgan fingerprint density at radius 2 is 2.33 bits per heavy atom. The number of nitrogens with one attached hydrogen (secondary N) is 1. The first-order chi connectivity index (χ1) is 5.77. The molecule has 3 N–H and O–H groups in total. The molecule has 0 aromatic carbocycles. The highest BCUT2D eigenvalue weighted by molar-refractivity contribution is 5.21. The summed E-state index contributed by atoms with van der Waals surface area (Å²) in [5.74, 6) is 0.616. The van der Waals surface area contributed by atoms with Crippen molar-refractivity contribution in [2.75, 3.05) is 5.73 Å². The van der Waals surface area contributed by atoms with Crippen molar-refractivity contribution in [3.8, 4) is 0 Å². The molecule has 1 heterocycles. The number of aromatic nitrogens is 2. The monoisotopic (exact) mass is 165 g/mol. The van der Waals surface area contributed by atoms with Gasteiger partial charge < -0.3 is 5.73 Å². The second-order valence-electron chi connectivity index (χ2n) is 3.18. The highest BCUT2D eigenvalue weighted by atomic mass is 16.1.